The summed E-state index contributed by atoms with van der Waals surface area (Å²) in [6.45, 7) is 5.61. The number of carbonyl (C=O) groups excluding carboxylic acids is 1. The van der Waals surface area contributed by atoms with Crippen molar-refractivity contribution in [2.75, 3.05) is 40.3 Å². The Kier molecular flexibility index (Phi) is 16.8. The minimum atomic E-state index is -4.57. The molecule has 0 aliphatic rings. The van der Waals surface area contributed by atoms with Gasteiger partial charge in [0.2, 0.25) is 5.91 Å². The van der Waals surface area contributed by atoms with Crippen molar-refractivity contribution < 1.29 is 33.3 Å². The van der Waals surface area contributed by atoms with Crippen LogP contribution in [-0.4, -0.2) is 71.7 Å². The zero-order valence-corrected chi connectivity index (χ0v) is 21.1. The fourth-order valence-electron chi connectivity index (χ4n) is 3.80. The average Bonchev–Trinajstić information content (AvgIpc) is 2.67. The summed E-state index contributed by atoms with van der Waals surface area (Å²) in [5.74, 6) is 0.259. The molecule has 9 heteroatoms. The van der Waals surface area contributed by atoms with Gasteiger partial charge in [-0.25, -0.2) is 4.57 Å². The monoisotopic (exact) mass is 467 g/mol. The van der Waals surface area contributed by atoms with E-state index in [0.29, 0.717) is 17.6 Å². The molecule has 0 radical (unpaired) electrons. The molecule has 186 valence electrons. The number of unbranched alkanes of at least 4 members (excludes halogenated alkanes) is 6. The standard InChI is InChI=1S/C22H47N2O6P/c1-5-7-9-10-12-15-20(14-11-8-6-2)22(26)23-16-13-17-24(3,4)18-21(25)19-30-31(27,28)29/h20-21,25H,5-19H2,1-4H3,(H2-,23,26,27,28,29)/p+1. The van der Waals surface area contributed by atoms with Crippen molar-refractivity contribution in [2.24, 2.45) is 5.92 Å². The van der Waals surface area contributed by atoms with Crippen LogP contribution in [0.3, 0.4) is 0 Å². The maximum Gasteiger partial charge on any atom is 0.469 e. The van der Waals surface area contributed by atoms with Crippen molar-refractivity contribution in [1.29, 1.82) is 0 Å². The molecule has 4 N–H and O–H groups in total. The molecular weight excluding hydrogens is 419 g/mol. The van der Waals surface area contributed by atoms with Crippen molar-refractivity contribution in [1.82, 2.24) is 5.32 Å². The number of amides is 1. The first-order valence-electron chi connectivity index (χ1n) is 12.0. The van der Waals surface area contributed by atoms with E-state index in [9.17, 15) is 14.5 Å². The average molecular weight is 468 g/mol. The Morgan fingerprint density at radius 2 is 1.52 bits per heavy atom. The number of carbonyl (C=O) groups is 1. The number of phosphoric acid groups is 1. The van der Waals surface area contributed by atoms with Gasteiger partial charge in [-0.3, -0.25) is 9.32 Å². The molecule has 0 saturated heterocycles. The van der Waals surface area contributed by atoms with E-state index in [0.717, 1.165) is 45.1 Å². The summed E-state index contributed by atoms with van der Waals surface area (Å²) in [5.41, 5.74) is 0. The van der Waals surface area contributed by atoms with Crippen LogP contribution in [0.1, 0.15) is 84.5 Å². The van der Waals surface area contributed by atoms with E-state index in [-0.39, 0.29) is 11.8 Å². The molecule has 2 unspecified atom stereocenters. The fraction of sp³-hybridized carbons (Fsp3) is 0.955. The number of hydrogen-bond acceptors (Lipinski definition) is 4. The number of likely N-dealkylation sites (N-methyl/N-ethyl adjacent to an activating group) is 1. The Morgan fingerprint density at radius 3 is 2.10 bits per heavy atom. The molecular formula is C22H48N2O6P+. The largest absolute Gasteiger partial charge is 0.469 e. The van der Waals surface area contributed by atoms with Gasteiger partial charge in [-0.1, -0.05) is 65.2 Å². The Balaban J connectivity index is 4.29. The zero-order chi connectivity index (χ0) is 23.8. The Labute approximate surface area is 189 Å². The van der Waals surface area contributed by atoms with E-state index in [2.05, 4.69) is 23.7 Å². The highest BCUT2D eigenvalue weighted by Crippen LogP contribution is 2.35. The van der Waals surface area contributed by atoms with Crippen molar-refractivity contribution in [3.8, 4) is 0 Å². The molecule has 0 aliphatic heterocycles. The third kappa shape index (κ3) is 18.7. The zero-order valence-electron chi connectivity index (χ0n) is 20.2. The van der Waals surface area contributed by atoms with Crippen LogP contribution in [0, 0.1) is 5.92 Å². The number of nitrogens with one attached hydrogen (secondary N) is 1. The number of hydrogen-bond donors (Lipinski definition) is 4. The quantitative estimate of drug-likeness (QED) is 0.124. The first-order valence-corrected chi connectivity index (χ1v) is 13.5. The van der Waals surface area contributed by atoms with Crippen LogP contribution < -0.4 is 5.32 Å². The smallest absolute Gasteiger partial charge is 0.385 e. The summed E-state index contributed by atoms with van der Waals surface area (Å²) in [6, 6.07) is 0. The lowest BCUT2D eigenvalue weighted by Crippen LogP contribution is -2.48. The molecule has 1 amide bonds. The lowest BCUT2D eigenvalue weighted by molar-refractivity contribution is -0.893. The summed E-state index contributed by atoms with van der Waals surface area (Å²) in [4.78, 5) is 30.1. The molecule has 0 aromatic heterocycles. The maximum atomic E-state index is 12.7. The minimum Gasteiger partial charge on any atom is -0.385 e. The Morgan fingerprint density at radius 1 is 0.968 bits per heavy atom. The number of rotatable bonds is 20. The summed E-state index contributed by atoms with van der Waals surface area (Å²) in [5, 5.41) is 13.0. The maximum absolute atomic E-state index is 12.7. The topological polar surface area (TPSA) is 116 Å². The summed E-state index contributed by atoms with van der Waals surface area (Å²) in [6.07, 6.45) is 11.2. The second-order valence-electron chi connectivity index (χ2n) is 9.32. The highest BCUT2D eigenvalue weighted by molar-refractivity contribution is 7.46. The molecule has 0 heterocycles. The number of phosphoric ester groups is 1. The Hall–Kier alpha value is -0.500. The number of nitrogens with zero attached hydrogens (tertiary/aromatic N) is 1. The summed E-state index contributed by atoms with van der Waals surface area (Å²) >= 11 is 0. The second-order valence-corrected chi connectivity index (χ2v) is 10.6. The van der Waals surface area contributed by atoms with E-state index in [1.165, 1.54) is 32.1 Å². The third-order valence-electron chi connectivity index (χ3n) is 5.56. The number of quaternary nitrogens is 1. The van der Waals surface area contributed by atoms with Crippen LogP contribution in [-0.2, 0) is 13.9 Å². The molecule has 0 bridgehead atoms. The van der Waals surface area contributed by atoms with Gasteiger partial charge in [0.15, 0.2) is 0 Å². The van der Waals surface area contributed by atoms with Crippen LogP contribution in [0.2, 0.25) is 0 Å². The van der Waals surface area contributed by atoms with Crippen LogP contribution >= 0.6 is 7.82 Å². The summed E-state index contributed by atoms with van der Waals surface area (Å²) in [7, 11) is -0.697. The highest BCUT2D eigenvalue weighted by Gasteiger charge is 2.24. The van der Waals surface area contributed by atoms with E-state index in [1.807, 2.05) is 14.1 Å². The van der Waals surface area contributed by atoms with Crippen molar-refractivity contribution in [3.05, 3.63) is 0 Å². The highest BCUT2D eigenvalue weighted by atomic mass is 31.2. The van der Waals surface area contributed by atoms with Crippen molar-refractivity contribution >= 4 is 13.7 Å². The van der Waals surface area contributed by atoms with Crippen molar-refractivity contribution in [2.45, 2.75) is 90.6 Å². The second kappa shape index (κ2) is 17.0. The molecule has 0 rings (SSSR count). The minimum absolute atomic E-state index is 0.0994. The molecule has 31 heavy (non-hydrogen) atoms. The van der Waals surface area contributed by atoms with E-state index in [1.54, 1.807) is 0 Å². The third-order valence-corrected chi connectivity index (χ3v) is 6.05. The normalized spacial score (nSPS) is 14.4. The van der Waals surface area contributed by atoms with Gasteiger partial charge in [-0.15, -0.1) is 0 Å². The molecule has 0 spiro atoms. The van der Waals surface area contributed by atoms with Crippen LogP contribution in [0.4, 0.5) is 0 Å². The SMILES string of the molecule is CCCCCCCC(CCCCC)C(=O)NCCC[N+](C)(C)CC(O)COP(=O)(O)O. The van der Waals surface area contributed by atoms with Crippen molar-refractivity contribution in [3.63, 3.8) is 0 Å². The first-order chi connectivity index (χ1) is 14.5. The van der Waals surface area contributed by atoms with Gasteiger partial charge in [0.05, 0.1) is 27.2 Å². The molecule has 0 aromatic rings. The number of aliphatic hydroxyl groups is 1. The molecule has 8 nitrogen and oxygen atoms in total. The van der Waals surface area contributed by atoms with Gasteiger partial charge in [-0.2, -0.15) is 0 Å². The Bertz CT molecular complexity index is 512. The van der Waals surface area contributed by atoms with Gasteiger partial charge < -0.3 is 24.7 Å². The molecule has 2 atom stereocenters. The molecule has 0 aromatic carbocycles. The van der Waals surface area contributed by atoms with E-state index < -0.39 is 20.5 Å². The number of aliphatic hydroxyl groups excluding tert-OH is 1. The lowest BCUT2D eigenvalue weighted by atomic mass is 9.93. The van der Waals surface area contributed by atoms with Gasteiger partial charge in [0.1, 0.15) is 12.6 Å². The van der Waals surface area contributed by atoms with Gasteiger partial charge in [-0.05, 0) is 12.8 Å². The summed E-state index contributed by atoms with van der Waals surface area (Å²) < 4.78 is 15.6. The molecule has 0 fully saturated rings. The van der Waals surface area contributed by atoms with E-state index in [4.69, 9.17) is 9.79 Å². The lowest BCUT2D eigenvalue weighted by Gasteiger charge is -2.32. The van der Waals surface area contributed by atoms with Crippen LogP contribution in [0.25, 0.3) is 0 Å². The predicted molar refractivity (Wildman–Crippen MR) is 124 cm³/mol. The van der Waals surface area contributed by atoms with E-state index >= 15 is 0 Å². The van der Waals surface area contributed by atoms with Crippen LogP contribution in [0.5, 0.6) is 0 Å². The van der Waals surface area contributed by atoms with Gasteiger partial charge in [0.25, 0.3) is 0 Å². The fourth-order valence-corrected chi connectivity index (χ4v) is 4.17. The van der Waals surface area contributed by atoms with Crippen LogP contribution in [0.15, 0.2) is 0 Å². The van der Waals surface area contributed by atoms with Gasteiger partial charge in [0, 0.05) is 18.9 Å². The van der Waals surface area contributed by atoms with Gasteiger partial charge >= 0.3 is 7.82 Å². The first kappa shape index (κ1) is 30.5. The molecule has 0 aliphatic carbocycles. The molecule has 0 saturated carbocycles. The predicted octanol–water partition coefficient (Wildman–Crippen LogP) is 3.60.